The zero-order chi connectivity index (χ0) is 27.9. The topological polar surface area (TPSA) is 20.7 Å². The molecular weight excluding hydrogens is 527 g/mol. The van der Waals surface area contributed by atoms with Crippen LogP contribution >= 0.6 is 11.3 Å². The fraction of sp³-hybridized carbons (Fsp3) is 0.105. The van der Waals surface area contributed by atoms with Crippen LogP contribution in [0.25, 0.3) is 70.0 Å². The molecule has 1 aliphatic heterocycles. The standard InChI is InChI=1S/C38H26BN2S/c1-20-18-26(21-12-8-14-25-33(21)40-34-23-11-5-7-17-30(23)42-36(25)34)32-29(19-20)41-35-24(13-9-16-28(35)39-32)31-22-10-4-6-15-27(22)38(2,3)37(31)41/h4-19,40H,1-3H3. The van der Waals surface area contributed by atoms with Crippen molar-refractivity contribution in [2.24, 2.45) is 0 Å². The van der Waals surface area contributed by atoms with Crippen molar-refractivity contribution in [2.75, 3.05) is 0 Å². The molecule has 0 amide bonds. The molecule has 0 saturated heterocycles. The van der Waals surface area contributed by atoms with Crippen LogP contribution < -0.4 is 10.9 Å². The molecule has 197 valence electrons. The number of hydrogen-bond donors (Lipinski definition) is 1. The fourth-order valence-corrected chi connectivity index (χ4v) is 9.23. The highest BCUT2D eigenvalue weighted by Gasteiger charge is 2.42. The number of nitrogens with zero attached hydrogens (tertiary/aromatic N) is 1. The Labute approximate surface area is 248 Å². The Morgan fingerprint density at radius 1 is 0.738 bits per heavy atom. The van der Waals surface area contributed by atoms with Crippen molar-refractivity contribution in [3.05, 3.63) is 114 Å². The molecule has 4 heterocycles. The first kappa shape index (κ1) is 23.1. The minimum atomic E-state index is -0.106. The smallest absolute Gasteiger partial charge is 0.197 e. The van der Waals surface area contributed by atoms with Crippen molar-refractivity contribution in [2.45, 2.75) is 26.2 Å². The summed E-state index contributed by atoms with van der Waals surface area (Å²) in [7, 11) is 2.43. The van der Waals surface area contributed by atoms with Crippen molar-refractivity contribution in [3.63, 3.8) is 0 Å². The lowest BCUT2D eigenvalue weighted by atomic mass is 9.59. The predicted octanol–water partition coefficient (Wildman–Crippen LogP) is 8.73. The van der Waals surface area contributed by atoms with Gasteiger partial charge in [-0.05, 0) is 46.8 Å². The number of aryl methyl sites for hydroxylation is 1. The Kier molecular flexibility index (Phi) is 4.20. The fourth-order valence-electron chi connectivity index (χ4n) is 8.04. The van der Waals surface area contributed by atoms with Gasteiger partial charge in [0.2, 0.25) is 0 Å². The van der Waals surface area contributed by atoms with Crippen molar-refractivity contribution >= 4 is 71.7 Å². The van der Waals surface area contributed by atoms with Gasteiger partial charge in [0.25, 0.3) is 0 Å². The number of aromatic amines is 1. The van der Waals surface area contributed by atoms with Gasteiger partial charge in [0.1, 0.15) is 0 Å². The Morgan fingerprint density at radius 3 is 2.43 bits per heavy atom. The Bertz CT molecular complexity index is 2490. The summed E-state index contributed by atoms with van der Waals surface area (Å²) in [6.45, 7) is 7.03. The van der Waals surface area contributed by atoms with E-state index in [1.807, 2.05) is 11.3 Å². The highest BCUT2D eigenvalue weighted by atomic mass is 32.1. The average molecular weight is 554 g/mol. The molecule has 1 radical (unpaired) electrons. The van der Waals surface area contributed by atoms with Crippen LogP contribution in [0.15, 0.2) is 97.1 Å². The molecule has 2 aliphatic rings. The van der Waals surface area contributed by atoms with Crippen molar-refractivity contribution < 1.29 is 0 Å². The third-order valence-corrected chi connectivity index (χ3v) is 11.0. The summed E-state index contributed by atoms with van der Waals surface area (Å²) in [6.07, 6.45) is 0. The molecule has 10 rings (SSSR count). The van der Waals surface area contributed by atoms with Crippen LogP contribution in [0.4, 0.5) is 0 Å². The van der Waals surface area contributed by atoms with Crippen LogP contribution in [0, 0.1) is 6.92 Å². The molecule has 0 unspecified atom stereocenters. The molecule has 0 fully saturated rings. The highest BCUT2D eigenvalue weighted by Crippen LogP contribution is 2.53. The molecule has 8 aromatic rings. The van der Waals surface area contributed by atoms with Crippen molar-refractivity contribution in [1.29, 1.82) is 0 Å². The monoisotopic (exact) mass is 553 g/mol. The van der Waals surface area contributed by atoms with Gasteiger partial charge in [0.05, 0.1) is 15.7 Å². The van der Waals surface area contributed by atoms with E-state index in [1.54, 1.807) is 0 Å². The third kappa shape index (κ3) is 2.68. The second-order valence-electron chi connectivity index (χ2n) is 12.5. The molecule has 0 atom stereocenters. The SMILES string of the molecule is Cc1cc(-c2cccc3c2[nH]c2c4ccccc4sc32)c2c(c1)-n1c3c(c4cccc(c41)[B]2)-c1ccccc1C3(C)C. The zero-order valence-electron chi connectivity index (χ0n) is 23.7. The summed E-state index contributed by atoms with van der Waals surface area (Å²) in [6, 6.07) is 36.1. The summed E-state index contributed by atoms with van der Waals surface area (Å²) in [5.74, 6) is 0. The molecule has 42 heavy (non-hydrogen) atoms. The molecule has 0 saturated carbocycles. The van der Waals surface area contributed by atoms with Crippen LogP contribution in [0.2, 0.25) is 0 Å². The molecule has 2 nitrogen and oxygen atoms in total. The van der Waals surface area contributed by atoms with E-state index in [1.165, 1.54) is 97.8 Å². The number of thiophene rings is 1. The summed E-state index contributed by atoms with van der Waals surface area (Å²) in [5.41, 5.74) is 17.0. The Hall–Kier alpha value is -4.54. The maximum absolute atomic E-state index is 3.88. The molecule has 0 bridgehead atoms. The number of hydrogen-bond acceptors (Lipinski definition) is 1. The quantitative estimate of drug-likeness (QED) is 0.196. The maximum atomic E-state index is 3.88. The van der Waals surface area contributed by atoms with Crippen LogP contribution in [0.3, 0.4) is 0 Å². The van der Waals surface area contributed by atoms with Gasteiger partial charge in [-0.3, -0.25) is 0 Å². The Balaban J connectivity index is 1.30. The van der Waals surface area contributed by atoms with Crippen LogP contribution in [-0.4, -0.2) is 16.8 Å². The van der Waals surface area contributed by atoms with Gasteiger partial charge in [-0.25, -0.2) is 0 Å². The lowest BCUT2D eigenvalue weighted by Gasteiger charge is -2.29. The number of fused-ring (bicyclic) bond motifs is 12. The summed E-state index contributed by atoms with van der Waals surface area (Å²) < 4.78 is 5.28. The summed E-state index contributed by atoms with van der Waals surface area (Å²) in [4.78, 5) is 3.88. The van der Waals surface area contributed by atoms with Crippen LogP contribution in [0.5, 0.6) is 0 Å². The largest absolute Gasteiger partial charge is 0.353 e. The first-order valence-electron chi connectivity index (χ1n) is 14.7. The Morgan fingerprint density at radius 2 is 1.50 bits per heavy atom. The highest BCUT2D eigenvalue weighted by molar-refractivity contribution is 7.26. The molecule has 4 heteroatoms. The first-order chi connectivity index (χ1) is 20.5. The van der Waals surface area contributed by atoms with E-state index >= 15 is 0 Å². The molecule has 3 aromatic heterocycles. The molecule has 1 aliphatic carbocycles. The van der Waals surface area contributed by atoms with Gasteiger partial charge >= 0.3 is 0 Å². The minimum Gasteiger partial charge on any atom is -0.353 e. The van der Waals surface area contributed by atoms with Gasteiger partial charge in [-0.15, -0.1) is 11.3 Å². The van der Waals surface area contributed by atoms with E-state index in [2.05, 4.69) is 135 Å². The van der Waals surface area contributed by atoms with Gasteiger partial charge in [-0.2, -0.15) is 0 Å². The van der Waals surface area contributed by atoms with E-state index < -0.39 is 0 Å². The number of benzene rings is 5. The van der Waals surface area contributed by atoms with E-state index in [4.69, 9.17) is 0 Å². The molecule has 1 N–H and O–H groups in total. The van der Waals surface area contributed by atoms with Gasteiger partial charge < -0.3 is 9.55 Å². The molecular formula is C38H26BN2S. The minimum absolute atomic E-state index is 0.106. The predicted molar refractivity (Wildman–Crippen MR) is 181 cm³/mol. The maximum Gasteiger partial charge on any atom is 0.197 e. The van der Waals surface area contributed by atoms with E-state index in [9.17, 15) is 0 Å². The van der Waals surface area contributed by atoms with E-state index in [0.29, 0.717) is 0 Å². The number of aromatic nitrogens is 2. The van der Waals surface area contributed by atoms with Gasteiger partial charge in [0.15, 0.2) is 7.28 Å². The molecule has 0 spiro atoms. The number of H-pyrrole nitrogens is 1. The number of para-hydroxylation sites is 2. The van der Waals surface area contributed by atoms with Crippen LogP contribution in [0.1, 0.15) is 30.7 Å². The lowest BCUT2D eigenvalue weighted by Crippen LogP contribution is -2.38. The average Bonchev–Trinajstić information content (AvgIpc) is 3.71. The second-order valence-corrected chi connectivity index (χ2v) is 13.6. The zero-order valence-corrected chi connectivity index (χ0v) is 24.5. The summed E-state index contributed by atoms with van der Waals surface area (Å²) in [5, 5.41) is 3.96. The van der Waals surface area contributed by atoms with E-state index in [-0.39, 0.29) is 5.41 Å². The molecule has 5 aromatic carbocycles. The third-order valence-electron chi connectivity index (χ3n) is 9.77. The van der Waals surface area contributed by atoms with Crippen LogP contribution in [-0.2, 0) is 5.41 Å². The summed E-state index contributed by atoms with van der Waals surface area (Å²) >= 11 is 1.89. The van der Waals surface area contributed by atoms with Gasteiger partial charge in [0, 0.05) is 54.3 Å². The lowest BCUT2D eigenvalue weighted by molar-refractivity contribution is 0.624. The van der Waals surface area contributed by atoms with Crippen molar-refractivity contribution in [1.82, 2.24) is 9.55 Å². The van der Waals surface area contributed by atoms with Crippen molar-refractivity contribution in [3.8, 4) is 27.9 Å². The normalized spacial score (nSPS) is 14.5. The van der Waals surface area contributed by atoms with E-state index in [0.717, 1.165) is 0 Å². The number of rotatable bonds is 1. The first-order valence-corrected chi connectivity index (χ1v) is 15.5. The second kappa shape index (κ2) is 7.64. The number of nitrogens with one attached hydrogen (secondary N) is 1. The van der Waals surface area contributed by atoms with Gasteiger partial charge in [-0.1, -0.05) is 104 Å².